The molecular weight excluding hydrogens is 390 g/mol. The van der Waals surface area contributed by atoms with Crippen LogP contribution in [0.2, 0.25) is 0 Å². The highest BCUT2D eigenvalue weighted by Crippen LogP contribution is 2.37. The molecule has 1 saturated heterocycles. The van der Waals surface area contributed by atoms with E-state index in [1.807, 2.05) is 19.1 Å². The van der Waals surface area contributed by atoms with Gasteiger partial charge in [0.15, 0.2) is 0 Å². The number of amides is 1. The standard InChI is InChI=1S/C21H25N3O4S/c1-15-14-24(16(2)25)20-13-19(3-4-21(20)28-15)29(26,27)23-11-7-18(8-12-23)17-5-9-22-10-6-17/h3-6,9-10,13,15,18H,7-8,11-12,14H2,1-2H3. The fourth-order valence-electron chi connectivity index (χ4n) is 4.09. The summed E-state index contributed by atoms with van der Waals surface area (Å²) >= 11 is 0. The molecule has 154 valence electrons. The molecule has 3 heterocycles. The molecule has 8 heteroatoms. The normalized spacial score (nSPS) is 20.8. The van der Waals surface area contributed by atoms with Gasteiger partial charge in [0.25, 0.3) is 0 Å². The van der Waals surface area contributed by atoms with Crippen LogP contribution in [-0.4, -0.2) is 49.4 Å². The Hall–Kier alpha value is -2.45. The largest absolute Gasteiger partial charge is 0.487 e. The summed E-state index contributed by atoms with van der Waals surface area (Å²) in [6, 6.07) is 8.77. The second-order valence-corrected chi connectivity index (χ2v) is 9.58. The van der Waals surface area contributed by atoms with Gasteiger partial charge < -0.3 is 9.64 Å². The first-order valence-electron chi connectivity index (χ1n) is 9.85. The maximum absolute atomic E-state index is 13.2. The Bertz CT molecular complexity index is 1000. The van der Waals surface area contributed by atoms with Crippen molar-refractivity contribution >= 4 is 21.6 Å². The Morgan fingerprint density at radius 1 is 1.14 bits per heavy atom. The van der Waals surface area contributed by atoms with Crippen molar-refractivity contribution in [2.45, 2.75) is 43.6 Å². The predicted octanol–water partition coefficient (Wildman–Crippen LogP) is 2.78. The van der Waals surface area contributed by atoms with Gasteiger partial charge in [0, 0.05) is 32.4 Å². The van der Waals surface area contributed by atoms with Gasteiger partial charge in [0.1, 0.15) is 11.9 Å². The molecule has 0 bridgehead atoms. The molecule has 0 saturated carbocycles. The SMILES string of the molecule is CC(=O)N1CC(C)Oc2ccc(S(=O)(=O)N3CCC(c4ccncc4)CC3)cc21. The van der Waals surface area contributed by atoms with Crippen molar-refractivity contribution in [3.8, 4) is 5.75 Å². The highest BCUT2D eigenvalue weighted by Gasteiger charge is 2.32. The highest BCUT2D eigenvalue weighted by atomic mass is 32.2. The van der Waals surface area contributed by atoms with Gasteiger partial charge in [-0.3, -0.25) is 9.78 Å². The van der Waals surface area contributed by atoms with E-state index in [9.17, 15) is 13.2 Å². The van der Waals surface area contributed by atoms with Gasteiger partial charge in [0.05, 0.1) is 17.1 Å². The third kappa shape index (κ3) is 3.86. The van der Waals surface area contributed by atoms with E-state index in [2.05, 4.69) is 4.98 Å². The third-order valence-corrected chi connectivity index (χ3v) is 7.53. The first-order valence-corrected chi connectivity index (χ1v) is 11.3. The maximum Gasteiger partial charge on any atom is 0.243 e. The fraction of sp³-hybridized carbons (Fsp3) is 0.429. The lowest BCUT2D eigenvalue weighted by Gasteiger charge is -2.34. The van der Waals surface area contributed by atoms with Crippen LogP contribution in [0.1, 0.15) is 38.2 Å². The van der Waals surface area contributed by atoms with Crippen LogP contribution in [0.4, 0.5) is 5.69 Å². The number of fused-ring (bicyclic) bond motifs is 1. The van der Waals surface area contributed by atoms with E-state index in [1.165, 1.54) is 16.8 Å². The summed E-state index contributed by atoms with van der Waals surface area (Å²) < 4.78 is 33.8. The minimum Gasteiger partial charge on any atom is -0.487 e. The molecule has 1 amide bonds. The van der Waals surface area contributed by atoms with Crippen molar-refractivity contribution in [2.24, 2.45) is 0 Å². The first kappa shape index (κ1) is 19.8. The van der Waals surface area contributed by atoms with E-state index >= 15 is 0 Å². The molecule has 0 radical (unpaired) electrons. The number of nitrogens with zero attached hydrogens (tertiary/aromatic N) is 3. The van der Waals surface area contributed by atoms with Crippen LogP contribution in [0.15, 0.2) is 47.6 Å². The van der Waals surface area contributed by atoms with Gasteiger partial charge in [-0.15, -0.1) is 0 Å². The Labute approximate surface area is 171 Å². The van der Waals surface area contributed by atoms with Crippen molar-refractivity contribution in [3.05, 3.63) is 48.3 Å². The van der Waals surface area contributed by atoms with Crippen LogP contribution in [-0.2, 0) is 14.8 Å². The molecule has 7 nitrogen and oxygen atoms in total. The van der Waals surface area contributed by atoms with Gasteiger partial charge in [-0.05, 0) is 61.6 Å². The number of aromatic nitrogens is 1. The molecule has 29 heavy (non-hydrogen) atoms. The number of ether oxygens (including phenoxy) is 1. The van der Waals surface area contributed by atoms with Crippen molar-refractivity contribution in [3.63, 3.8) is 0 Å². The Kier molecular flexibility index (Phi) is 5.31. The molecular formula is C21H25N3O4S. The monoisotopic (exact) mass is 415 g/mol. The molecule has 4 rings (SSSR count). The number of anilines is 1. The highest BCUT2D eigenvalue weighted by molar-refractivity contribution is 7.89. The number of benzene rings is 1. The Morgan fingerprint density at radius 3 is 2.48 bits per heavy atom. The number of hydrogen-bond acceptors (Lipinski definition) is 5. The topological polar surface area (TPSA) is 79.8 Å². The summed E-state index contributed by atoms with van der Waals surface area (Å²) in [7, 11) is -3.64. The minimum absolute atomic E-state index is 0.130. The van der Waals surface area contributed by atoms with Crippen LogP contribution in [0.5, 0.6) is 5.75 Å². The molecule has 1 aromatic carbocycles. The summed E-state index contributed by atoms with van der Waals surface area (Å²) in [6.07, 6.45) is 4.95. The fourth-order valence-corrected chi connectivity index (χ4v) is 5.58. The van der Waals surface area contributed by atoms with Crippen molar-refractivity contribution in [1.82, 2.24) is 9.29 Å². The van der Waals surface area contributed by atoms with Gasteiger partial charge >= 0.3 is 0 Å². The van der Waals surface area contributed by atoms with E-state index in [0.717, 1.165) is 12.8 Å². The molecule has 1 unspecified atom stereocenters. The van der Waals surface area contributed by atoms with Crippen LogP contribution >= 0.6 is 0 Å². The summed E-state index contributed by atoms with van der Waals surface area (Å²) in [6.45, 7) is 4.71. The van der Waals surface area contributed by atoms with Crippen LogP contribution < -0.4 is 9.64 Å². The van der Waals surface area contributed by atoms with Crippen LogP contribution in [0.3, 0.4) is 0 Å². The maximum atomic E-state index is 13.2. The predicted molar refractivity (Wildman–Crippen MR) is 110 cm³/mol. The van der Waals surface area contributed by atoms with E-state index < -0.39 is 10.0 Å². The zero-order valence-electron chi connectivity index (χ0n) is 16.6. The first-order chi connectivity index (χ1) is 13.9. The second kappa shape index (κ2) is 7.76. The Morgan fingerprint density at radius 2 is 1.83 bits per heavy atom. The van der Waals surface area contributed by atoms with E-state index in [1.54, 1.807) is 35.5 Å². The van der Waals surface area contributed by atoms with E-state index in [4.69, 9.17) is 4.74 Å². The molecule has 1 fully saturated rings. The number of carbonyl (C=O) groups is 1. The zero-order valence-corrected chi connectivity index (χ0v) is 17.4. The average molecular weight is 416 g/mol. The average Bonchev–Trinajstić information content (AvgIpc) is 2.73. The summed E-state index contributed by atoms with van der Waals surface area (Å²) in [5.41, 5.74) is 1.72. The number of sulfonamides is 1. The molecule has 0 spiro atoms. The lowest BCUT2D eigenvalue weighted by Crippen LogP contribution is -2.41. The third-order valence-electron chi connectivity index (χ3n) is 5.64. The second-order valence-electron chi connectivity index (χ2n) is 7.65. The van der Waals surface area contributed by atoms with Crippen molar-refractivity contribution in [2.75, 3.05) is 24.5 Å². The summed E-state index contributed by atoms with van der Waals surface area (Å²) in [5, 5.41) is 0. The lowest BCUT2D eigenvalue weighted by atomic mass is 9.91. The van der Waals surface area contributed by atoms with Gasteiger partial charge in [-0.1, -0.05) is 0 Å². The van der Waals surface area contributed by atoms with Gasteiger partial charge in [0.2, 0.25) is 15.9 Å². The zero-order chi connectivity index (χ0) is 20.6. The van der Waals surface area contributed by atoms with E-state index in [-0.39, 0.29) is 16.9 Å². The Balaban J connectivity index is 1.56. The minimum atomic E-state index is -3.64. The quantitative estimate of drug-likeness (QED) is 0.770. The van der Waals surface area contributed by atoms with Gasteiger partial charge in [-0.25, -0.2) is 8.42 Å². The van der Waals surface area contributed by atoms with Crippen LogP contribution in [0.25, 0.3) is 0 Å². The number of carbonyl (C=O) groups excluding carboxylic acids is 1. The van der Waals surface area contributed by atoms with Gasteiger partial charge in [-0.2, -0.15) is 4.31 Å². The smallest absolute Gasteiger partial charge is 0.243 e. The molecule has 2 aromatic rings. The van der Waals surface area contributed by atoms with E-state index in [0.29, 0.717) is 37.0 Å². The van der Waals surface area contributed by atoms with Crippen molar-refractivity contribution < 1.29 is 17.9 Å². The molecule has 2 aliphatic heterocycles. The molecule has 2 aliphatic rings. The number of hydrogen-bond donors (Lipinski definition) is 0. The summed E-state index contributed by atoms with van der Waals surface area (Å²) in [4.78, 5) is 17.9. The van der Waals surface area contributed by atoms with Crippen molar-refractivity contribution in [1.29, 1.82) is 0 Å². The number of rotatable bonds is 3. The molecule has 1 atom stereocenters. The number of pyridine rings is 1. The lowest BCUT2D eigenvalue weighted by molar-refractivity contribution is -0.117. The molecule has 0 N–H and O–H groups in total. The molecule has 1 aromatic heterocycles. The summed E-state index contributed by atoms with van der Waals surface area (Å²) in [5.74, 6) is 0.750. The molecule has 0 aliphatic carbocycles. The van der Waals surface area contributed by atoms with Crippen LogP contribution in [0, 0.1) is 0 Å². The number of piperidine rings is 1.